The van der Waals surface area contributed by atoms with E-state index in [9.17, 15) is 9.18 Å². The molecule has 0 aromatic heterocycles. The number of rotatable bonds is 2. The number of benzene rings is 1. The van der Waals surface area contributed by atoms with Crippen molar-refractivity contribution in [2.75, 3.05) is 13.1 Å². The Labute approximate surface area is 87.7 Å². The molecule has 1 aliphatic heterocycles. The van der Waals surface area contributed by atoms with Gasteiger partial charge in [0.1, 0.15) is 5.82 Å². The molecule has 15 heavy (non-hydrogen) atoms. The average molecular weight is 208 g/mol. The summed E-state index contributed by atoms with van der Waals surface area (Å²) >= 11 is 0. The number of amides is 1. The van der Waals surface area contributed by atoms with Gasteiger partial charge in [0.05, 0.1) is 0 Å². The fraction of sp³-hybridized carbons (Fsp3) is 0.364. The second kappa shape index (κ2) is 3.98. The van der Waals surface area contributed by atoms with E-state index in [4.69, 9.17) is 5.73 Å². The first-order chi connectivity index (χ1) is 7.22. The number of hydrogen-bond acceptors (Lipinski definition) is 2. The molecule has 1 amide bonds. The number of carbonyl (C=O) groups is 1. The van der Waals surface area contributed by atoms with Crippen LogP contribution in [0, 0.1) is 5.82 Å². The van der Waals surface area contributed by atoms with Crippen LogP contribution in [0.2, 0.25) is 0 Å². The summed E-state index contributed by atoms with van der Waals surface area (Å²) in [5.41, 5.74) is 5.90. The Kier molecular flexibility index (Phi) is 2.68. The first-order valence-corrected chi connectivity index (χ1v) is 4.99. The summed E-state index contributed by atoms with van der Waals surface area (Å²) in [5, 5.41) is 0. The van der Waals surface area contributed by atoms with Crippen molar-refractivity contribution in [2.24, 2.45) is 5.73 Å². The summed E-state index contributed by atoms with van der Waals surface area (Å²) in [4.78, 5) is 13.5. The highest BCUT2D eigenvalue weighted by Crippen LogP contribution is 2.19. The lowest BCUT2D eigenvalue weighted by Crippen LogP contribution is -2.54. The Morgan fingerprint density at radius 3 is 2.93 bits per heavy atom. The largest absolute Gasteiger partial charge is 0.334 e. The Morgan fingerprint density at radius 1 is 1.60 bits per heavy atom. The van der Waals surface area contributed by atoms with Gasteiger partial charge in [-0.2, -0.15) is 0 Å². The maximum Gasteiger partial charge on any atom is 0.254 e. The Balaban J connectivity index is 2.14. The Hall–Kier alpha value is -1.42. The monoisotopic (exact) mass is 208 g/mol. The minimum Gasteiger partial charge on any atom is -0.334 e. The van der Waals surface area contributed by atoms with Crippen LogP contribution >= 0.6 is 0 Å². The van der Waals surface area contributed by atoms with Crippen LogP contribution in [0.5, 0.6) is 0 Å². The lowest BCUT2D eigenvalue weighted by atomic mass is 10.0. The Morgan fingerprint density at radius 2 is 2.40 bits per heavy atom. The zero-order valence-corrected chi connectivity index (χ0v) is 8.32. The fourth-order valence-electron chi connectivity index (χ4n) is 1.74. The molecule has 2 rings (SSSR count). The van der Waals surface area contributed by atoms with Gasteiger partial charge in [-0.05, 0) is 24.6 Å². The second-order valence-electron chi connectivity index (χ2n) is 3.69. The number of carbonyl (C=O) groups excluding carboxylic acids is 1. The maximum atomic E-state index is 12.9. The van der Waals surface area contributed by atoms with Crippen molar-refractivity contribution in [1.82, 2.24) is 4.90 Å². The van der Waals surface area contributed by atoms with Gasteiger partial charge >= 0.3 is 0 Å². The highest BCUT2D eigenvalue weighted by Gasteiger charge is 2.31. The van der Waals surface area contributed by atoms with Crippen LogP contribution in [-0.2, 0) is 0 Å². The average Bonchev–Trinajstić information content (AvgIpc) is 2.17. The molecule has 1 aromatic carbocycles. The van der Waals surface area contributed by atoms with Gasteiger partial charge in [0.2, 0.25) is 0 Å². The summed E-state index contributed by atoms with van der Waals surface area (Å²) in [6.07, 6.45) is 0.942. The van der Waals surface area contributed by atoms with Crippen molar-refractivity contribution < 1.29 is 9.18 Å². The van der Waals surface area contributed by atoms with E-state index in [0.29, 0.717) is 12.1 Å². The van der Waals surface area contributed by atoms with Gasteiger partial charge in [0, 0.05) is 24.7 Å². The topological polar surface area (TPSA) is 46.3 Å². The lowest BCUT2D eigenvalue weighted by Gasteiger charge is -2.40. The highest BCUT2D eigenvalue weighted by molar-refractivity contribution is 5.94. The molecule has 1 fully saturated rings. The second-order valence-corrected chi connectivity index (χ2v) is 3.69. The zero-order chi connectivity index (χ0) is 10.8. The summed E-state index contributed by atoms with van der Waals surface area (Å²) < 4.78 is 12.9. The lowest BCUT2D eigenvalue weighted by molar-refractivity contribution is 0.0481. The van der Waals surface area contributed by atoms with E-state index in [0.717, 1.165) is 13.0 Å². The molecule has 0 aliphatic carbocycles. The van der Waals surface area contributed by atoms with Crippen molar-refractivity contribution in [2.45, 2.75) is 12.5 Å². The van der Waals surface area contributed by atoms with Crippen LogP contribution in [0.15, 0.2) is 24.3 Å². The van der Waals surface area contributed by atoms with Crippen LogP contribution in [0.4, 0.5) is 4.39 Å². The SMILES string of the molecule is NCC1CCN1C(=O)c1cccc(F)c1. The molecule has 3 nitrogen and oxygen atoms in total. The minimum atomic E-state index is -0.384. The molecule has 80 valence electrons. The summed E-state index contributed by atoms with van der Waals surface area (Å²) in [6, 6.07) is 5.87. The van der Waals surface area contributed by atoms with Gasteiger partial charge in [0.15, 0.2) is 0 Å². The first-order valence-electron chi connectivity index (χ1n) is 4.99. The van der Waals surface area contributed by atoms with Gasteiger partial charge < -0.3 is 10.6 Å². The Bertz CT molecular complexity index is 379. The van der Waals surface area contributed by atoms with Gasteiger partial charge in [-0.15, -0.1) is 0 Å². The van der Waals surface area contributed by atoms with Crippen LogP contribution in [-0.4, -0.2) is 29.9 Å². The standard InChI is InChI=1S/C11H13FN2O/c12-9-3-1-2-8(6-9)11(15)14-5-4-10(14)7-13/h1-3,6,10H,4-5,7,13H2. The van der Waals surface area contributed by atoms with Crippen molar-refractivity contribution in [3.05, 3.63) is 35.6 Å². The molecule has 1 heterocycles. The quantitative estimate of drug-likeness (QED) is 0.788. The summed E-state index contributed by atoms with van der Waals surface area (Å²) in [7, 11) is 0. The predicted octanol–water partition coefficient (Wildman–Crippen LogP) is 0.999. The minimum absolute atomic E-state index is 0.126. The predicted molar refractivity (Wildman–Crippen MR) is 54.9 cm³/mol. The molecule has 2 N–H and O–H groups in total. The number of likely N-dealkylation sites (tertiary alicyclic amines) is 1. The molecular weight excluding hydrogens is 195 g/mol. The number of hydrogen-bond donors (Lipinski definition) is 1. The molecule has 1 aromatic rings. The molecule has 0 radical (unpaired) electrons. The van der Waals surface area contributed by atoms with Crippen LogP contribution in [0.25, 0.3) is 0 Å². The number of halogens is 1. The van der Waals surface area contributed by atoms with Crippen molar-refractivity contribution in [1.29, 1.82) is 0 Å². The molecule has 0 saturated carbocycles. The van der Waals surface area contributed by atoms with Gasteiger partial charge in [0.25, 0.3) is 5.91 Å². The number of nitrogens with two attached hydrogens (primary N) is 1. The van der Waals surface area contributed by atoms with Crippen molar-refractivity contribution >= 4 is 5.91 Å². The van der Waals surface area contributed by atoms with Crippen LogP contribution in [0.1, 0.15) is 16.8 Å². The molecule has 0 spiro atoms. The number of nitrogens with zero attached hydrogens (tertiary/aromatic N) is 1. The van der Waals surface area contributed by atoms with Crippen LogP contribution < -0.4 is 5.73 Å². The zero-order valence-electron chi connectivity index (χ0n) is 8.32. The smallest absolute Gasteiger partial charge is 0.254 e. The molecule has 4 heteroatoms. The molecular formula is C11H13FN2O. The van der Waals surface area contributed by atoms with Gasteiger partial charge in [-0.25, -0.2) is 4.39 Å². The normalized spacial score (nSPS) is 19.9. The van der Waals surface area contributed by atoms with E-state index in [2.05, 4.69) is 0 Å². The van der Waals surface area contributed by atoms with E-state index < -0.39 is 0 Å². The molecule has 1 saturated heterocycles. The first kappa shape index (κ1) is 10.1. The fourth-order valence-corrected chi connectivity index (χ4v) is 1.74. The van der Waals surface area contributed by atoms with Gasteiger partial charge in [-0.1, -0.05) is 6.07 Å². The van der Waals surface area contributed by atoms with Crippen molar-refractivity contribution in [3.8, 4) is 0 Å². The summed E-state index contributed by atoms with van der Waals surface area (Å²) in [6.45, 7) is 1.19. The van der Waals surface area contributed by atoms with Crippen molar-refractivity contribution in [3.63, 3.8) is 0 Å². The van der Waals surface area contributed by atoms with E-state index >= 15 is 0 Å². The molecule has 0 bridgehead atoms. The van der Waals surface area contributed by atoms with E-state index in [1.165, 1.54) is 12.1 Å². The third kappa shape index (κ3) is 1.85. The molecule has 1 atom stereocenters. The molecule has 1 unspecified atom stereocenters. The summed E-state index contributed by atoms with van der Waals surface area (Å²) in [5.74, 6) is -0.512. The van der Waals surface area contributed by atoms with E-state index in [-0.39, 0.29) is 17.8 Å². The third-order valence-corrected chi connectivity index (χ3v) is 2.75. The molecule has 1 aliphatic rings. The van der Waals surface area contributed by atoms with Gasteiger partial charge in [-0.3, -0.25) is 4.79 Å². The van der Waals surface area contributed by atoms with E-state index in [1.807, 2.05) is 0 Å². The van der Waals surface area contributed by atoms with E-state index in [1.54, 1.807) is 17.0 Å². The third-order valence-electron chi connectivity index (χ3n) is 2.75. The highest BCUT2D eigenvalue weighted by atomic mass is 19.1. The van der Waals surface area contributed by atoms with Crippen LogP contribution in [0.3, 0.4) is 0 Å². The maximum absolute atomic E-state index is 12.9.